The molecule has 0 atom stereocenters. The lowest BCUT2D eigenvalue weighted by Gasteiger charge is -2.26. The Morgan fingerprint density at radius 3 is 2.54 bits per heavy atom. The number of hydrogen-bond donors (Lipinski definition) is 1. The molecule has 1 aliphatic rings. The van der Waals surface area contributed by atoms with Crippen molar-refractivity contribution in [1.29, 1.82) is 0 Å². The molecule has 126 valence electrons. The van der Waals surface area contributed by atoms with Crippen LogP contribution in [0.2, 0.25) is 0 Å². The van der Waals surface area contributed by atoms with Gasteiger partial charge in [0.1, 0.15) is 5.82 Å². The molecular formula is C20H23FN2O. The normalized spacial score (nSPS) is 15.2. The van der Waals surface area contributed by atoms with Crippen molar-refractivity contribution in [2.45, 2.75) is 32.2 Å². The first-order valence-corrected chi connectivity index (χ1v) is 8.55. The van der Waals surface area contributed by atoms with Crippen molar-refractivity contribution >= 4 is 11.6 Å². The van der Waals surface area contributed by atoms with Crippen LogP contribution in [0.5, 0.6) is 0 Å². The Morgan fingerprint density at radius 2 is 1.75 bits per heavy atom. The van der Waals surface area contributed by atoms with E-state index in [1.807, 2.05) is 18.2 Å². The Labute approximate surface area is 142 Å². The molecule has 0 radical (unpaired) electrons. The number of nitrogens with one attached hydrogen (secondary N) is 1. The lowest BCUT2D eigenvalue weighted by atomic mass is 10.1. The fourth-order valence-electron chi connectivity index (χ4n) is 3.16. The average Bonchev–Trinajstić information content (AvgIpc) is 2.56. The van der Waals surface area contributed by atoms with Gasteiger partial charge in [0.25, 0.3) is 0 Å². The number of amides is 1. The van der Waals surface area contributed by atoms with Crippen molar-refractivity contribution in [3.05, 3.63) is 65.5 Å². The highest BCUT2D eigenvalue weighted by molar-refractivity contribution is 5.92. The van der Waals surface area contributed by atoms with E-state index in [0.29, 0.717) is 5.56 Å². The second kappa shape index (κ2) is 8.06. The maximum Gasteiger partial charge on any atom is 0.228 e. The molecule has 0 aromatic heterocycles. The van der Waals surface area contributed by atoms with Gasteiger partial charge in [-0.25, -0.2) is 4.39 Å². The summed E-state index contributed by atoms with van der Waals surface area (Å²) in [6.45, 7) is 3.22. The third-order valence-electron chi connectivity index (χ3n) is 4.32. The Kier molecular flexibility index (Phi) is 5.59. The molecule has 1 saturated heterocycles. The van der Waals surface area contributed by atoms with E-state index in [-0.39, 0.29) is 18.1 Å². The zero-order valence-electron chi connectivity index (χ0n) is 13.8. The minimum Gasteiger partial charge on any atom is -0.326 e. The largest absolute Gasteiger partial charge is 0.326 e. The Morgan fingerprint density at radius 1 is 1.00 bits per heavy atom. The van der Waals surface area contributed by atoms with Crippen LogP contribution in [0.1, 0.15) is 30.4 Å². The molecule has 2 aromatic rings. The predicted octanol–water partition coefficient (Wildman–Crippen LogP) is 3.99. The Balaban J connectivity index is 1.58. The van der Waals surface area contributed by atoms with E-state index in [9.17, 15) is 9.18 Å². The summed E-state index contributed by atoms with van der Waals surface area (Å²) in [4.78, 5) is 14.6. The fraction of sp³-hybridized carbons (Fsp3) is 0.350. The van der Waals surface area contributed by atoms with Crippen LogP contribution >= 0.6 is 0 Å². The standard InChI is InChI=1S/C20H23FN2O/c21-18-8-4-6-16(12-18)14-20(24)22-19-9-5-7-17(13-19)15-23-10-2-1-3-11-23/h4-9,12-13H,1-3,10-11,14-15H2,(H,22,24). The van der Waals surface area contributed by atoms with Gasteiger partial charge in [-0.15, -0.1) is 0 Å². The number of halogens is 1. The molecule has 1 heterocycles. The molecule has 0 unspecified atom stereocenters. The molecule has 24 heavy (non-hydrogen) atoms. The van der Waals surface area contributed by atoms with Crippen LogP contribution in [0.4, 0.5) is 10.1 Å². The molecule has 1 N–H and O–H groups in total. The SMILES string of the molecule is O=C(Cc1cccc(F)c1)Nc1cccc(CN2CCCCC2)c1. The zero-order chi connectivity index (χ0) is 16.8. The average molecular weight is 326 g/mol. The molecule has 0 bridgehead atoms. The minimum atomic E-state index is -0.316. The number of rotatable bonds is 5. The van der Waals surface area contributed by atoms with E-state index in [4.69, 9.17) is 0 Å². The summed E-state index contributed by atoms with van der Waals surface area (Å²) >= 11 is 0. The summed E-state index contributed by atoms with van der Waals surface area (Å²) in [6, 6.07) is 14.1. The van der Waals surface area contributed by atoms with Crippen LogP contribution in [0.3, 0.4) is 0 Å². The smallest absolute Gasteiger partial charge is 0.228 e. The third kappa shape index (κ3) is 4.90. The van der Waals surface area contributed by atoms with Gasteiger partial charge in [-0.05, 0) is 61.3 Å². The van der Waals surface area contributed by atoms with Gasteiger partial charge in [0.2, 0.25) is 5.91 Å². The van der Waals surface area contributed by atoms with E-state index >= 15 is 0 Å². The van der Waals surface area contributed by atoms with E-state index < -0.39 is 0 Å². The lowest BCUT2D eigenvalue weighted by molar-refractivity contribution is -0.115. The summed E-state index contributed by atoms with van der Waals surface area (Å²) in [6.07, 6.45) is 4.04. The lowest BCUT2D eigenvalue weighted by Crippen LogP contribution is -2.29. The van der Waals surface area contributed by atoms with Gasteiger partial charge in [0.05, 0.1) is 6.42 Å². The molecule has 0 saturated carbocycles. The maximum atomic E-state index is 13.2. The number of carbonyl (C=O) groups excluding carboxylic acids is 1. The second-order valence-corrected chi connectivity index (χ2v) is 6.39. The summed E-state index contributed by atoms with van der Waals surface area (Å²) in [5.41, 5.74) is 2.68. The summed E-state index contributed by atoms with van der Waals surface area (Å²) in [7, 11) is 0. The third-order valence-corrected chi connectivity index (χ3v) is 4.32. The van der Waals surface area contributed by atoms with Crippen LogP contribution < -0.4 is 5.32 Å². The number of carbonyl (C=O) groups is 1. The molecule has 1 fully saturated rings. The van der Waals surface area contributed by atoms with E-state index in [1.165, 1.54) is 37.0 Å². The zero-order valence-corrected chi connectivity index (χ0v) is 13.8. The summed E-state index contributed by atoms with van der Waals surface area (Å²) in [5.74, 6) is -0.445. The van der Waals surface area contributed by atoms with Crippen molar-refractivity contribution < 1.29 is 9.18 Å². The van der Waals surface area contributed by atoms with Crippen LogP contribution in [0.15, 0.2) is 48.5 Å². The van der Waals surface area contributed by atoms with Crippen LogP contribution in [-0.4, -0.2) is 23.9 Å². The first kappa shape index (κ1) is 16.7. The number of likely N-dealkylation sites (tertiary alicyclic amines) is 1. The first-order chi connectivity index (χ1) is 11.7. The number of anilines is 1. The first-order valence-electron chi connectivity index (χ1n) is 8.55. The molecule has 3 nitrogen and oxygen atoms in total. The van der Waals surface area contributed by atoms with Crippen molar-refractivity contribution in [1.82, 2.24) is 4.90 Å². The second-order valence-electron chi connectivity index (χ2n) is 6.39. The number of piperidine rings is 1. The Hall–Kier alpha value is -2.20. The summed E-state index contributed by atoms with van der Waals surface area (Å²) < 4.78 is 13.2. The highest BCUT2D eigenvalue weighted by Crippen LogP contribution is 2.16. The number of nitrogens with zero attached hydrogens (tertiary/aromatic N) is 1. The van der Waals surface area contributed by atoms with E-state index in [2.05, 4.69) is 16.3 Å². The monoisotopic (exact) mass is 326 g/mol. The van der Waals surface area contributed by atoms with E-state index in [0.717, 1.165) is 25.3 Å². The van der Waals surface area contributed by atoms with Crippen LogP contribution in [0, 0.1) is 5.82 Å². The van der Waals surface area contributed by atoms with Gasteiger partial charge in [0, 0.05) is 12.2 Å². The van der Waals surface area contributed by atoms with Gasteiger partial charge >= 0.3 is 0 Å². The molecular weight excluding hydrogens is 303 g/mol. The topological polar surface area (TPSA) is 32.3 Å². The molecule has 2 aromatic carbocycles. The molecule has 1 aliphatic heterocycles. The van der Waals surface area contributed by atoms with Crippen molar-refractivity contribution in [3.63, 3.8) is 0 Å². The van der Waals surface area contributed by atoms with E-state index in [1.54, 1.807) is 12.1 Å². The van der Waals surface area contributed by atoms with Crippen molar-refractivity contribution in [2.75, 3.05) is 18.4 Å². The number of hydrogen-bond acceptors (Lipinski definition) is 2. The molecule has 3 rings (SSSR count). The van der Waals surface area contributed by atoms with Crippen molar-refractivity contribution in [3.8, 4) is 0 Å². The van der Waals surface area contributed by atoms with Crippen molar-refractivity contribution in [2.24, 2.45) is 0 Å². The maximum absolute atomic E-state index is 13.2. The quantitative estimate of drug-likeness (QED) is 0.901. The van der Waals surface area contributed by atoms with Gasteiger partial charge < -0.3 is 5.32 Å². The Bertz CT molecular complexity index is 696. The minimum absolute atomic E-state index is 0.129. The molecule has 1 amide bonds. The van der Waals surface area contributed by atoms with Gasteiger partial charge in [-0.1, -0.05) is 30.7 Å². The van der Waals surface area contributed by atoms with Gasteiger partial charge in [0.15, 0.2) is 0 Å². The highest BCUT2D eigenvalue weighted by Gasteiger charge is 2.11. The number of benzene rings is 2. The highest BCUT2D eigenvalue weighted by atomic mass is 19.1. The molecule has 4 heteroatoms. The van der Waals surface area contributed by atoms with Crippen LogP contribution in [-0.2, 0) is 17.8 Å². The molecule has 0 aliphatic carbocycles. The predicted molar refractivity (Wildman–Crippen MR) is 94.3 cm³/mol. The van der Waals surface area contributed by atoms with Gasteiger partial charge in [-0.2, -0.15) is 0 Å². The van der Waals surface area contributed by atoms with Gasteiger partial charge in [-0.3, -0.25) is 9.69 Å². The fourth-order valence-corrected chi connectivity index (χ4v) is 3.16. The van der Waals surface area contributed by atoms with Crippen LogP contribution in [0.25, 0.3) is 0 Å². The molecule has 0 spiro atoms. The summed E-state index contributed by atoms with van der Waals surface area (Å²) in [5, 5.41) is 2.91.